The van der Waals surface area contributed by atoms with E-state index in [1.54, 1.807) is 0 Å². The molecule has 12 heavy (non-hydrogen) atoms. The van der Waals surface area contributed by atoms with Crippen molar-refractivity contribution in [2.75, 3.05) is 26.2 Å². The molecule has 0 amide bonds. The molecule has 0 aliphatic heterocycles. The molecule has 0 bridgehead atoms. The number of hydrogen-bond donors (Lipinski definition) is 1. The molecule has 0 spiro atoms. The largest absolute Gasteiger partial charge is 0.483 e. The maximum absolute atomic E-state index is 8.36. The average molecular weight is 176 g/mol. The molecule has 0 aromatic rings. The molecular weight excluding hydrogens is 154 g/mol. The summed E-state index contributed by atoms with van der Waals surface area (Å²) in [4.78, 5) is 8.36. The first-order valence-electron chi connectivity index (χ1n) is 4.59. The van der Waals surface area contributed by atoms with Gasteiger partial charge in [0.25, 0.3) is 6.47 Å². The molecule has 0 fully saturated rings. The Hall–Kier alpha value is -0.570. The molecular formula is C9H22NO2+. The lowest BCUT2D eigenvalue weighted by molar-refractivity contribution is -0.921. The summed E-state index contributed by atoms with van der Waals surface area (Å²) in [5.41, 5.74) is 0. The maximum atomic E-state index is 8.36. The minimum absolute atomic E-state index is 0.250. The highest BCUT2D eigenvalue weighted by atomic mass is 16.3. The van der Waals surface area contributed by atoms with Crippen LogP contribution in [0.4, 0.5) is 0 Å². The van der Waals surface area contributed by atoms with E-state index >= 15 is 0 Å². The van der Waals surface area contributed by atoms with Gasteiger partial charge in [-0.25, -0.2) is 0 Å². The summed E-state index contributed by atoms with van der Waals surface area (Å²) in [6.45, 7) is 14.0. The number of rotatable bonds is 4. The molecule has 1 N–H and O–H groups in total. The van der Waals surface area contributed by atoms with Crippen molar-refractivity contribution >= 4 is 6.47 Å². The molecule has 0 unspecified atom stereocenters. The average Bonchev–Trinajstić information content (AvgIpc) is 2.11. The summed E-state index contributed by atoms with van der Waals surface area (Å²) in [6, 6.07) is 0. The van der Waals surface area contributed by atoms with Crippen LogP contribution in [0.3, 0.4) is 0 Å². The normalized spacial score (nSPS) is 10.0. The van der Waals surface area contributed by atoms with Crippen LogP contribution in [0.15, 0.2) is 0 Å². The fourth-order valence-electron chi connectivity index (χ4n) is 1.34. The third kappa shape index (κ3) is 5.13. The molecule has 0 rings (SSSR count). The number of carbonyl (C=O) groups is 1. The lowest BCUT2D eigenvalue weighted by Gasteiger charge is -2.34. The predicted octanol–water partition coefficient (Wildman–Crippen LogP) is 1.58. The van der Waals surface area contributed by atoms with Crippen molar-refractivity contribution in [3.63, 3.8) is 0 Å². The minimum Gasteiger partial charge on any atom is -0.483 e. The van der Waals surface area contributed by atoms with E-state index in [9.17, 15) is 0 Å². The molecule has 0 saturated carbocycles. The van der Waals surface area contributed by atoms with Gasteiger partial charge in [0, 0.05) is 0 Å². The quantitative estimate of drug-likeness (QED) is 0.521. The minimum atomic E-state index is -0.250. The van der Waals surface area contributed by atoms with Crippen LogP contribution in [-0.2, 0) is 4.79 Å². The van der Waals surface area contributed by atoms with Gasteiger partial charge in [-0.05, 0) is 27.7 Å². The fraction of sp³-hybridized carbons (Fsp3) is 0.889. The molecule has 0 aliphatic carbocycles. The van der Waals surface area contributed by atoms with Crippen LogP contribution in [0.2, 0.25) is 0 Å². The molecule has 3 heteroatoms. The number of hydrogen-bond acceptors (Lipinski definition) is 1. The maximum Gasteiger partial charge on any atom is 0.290 e. The van der Waals surface area contributed by atoms with E-state index in [1.807, 2.05) is 0 Å². The molecule has 0 heterocycles. The van der Waals surface area contributed by atoms with Crippen molar-refractivity contribution in [3.05, 3.63) is 0 Å². The summed E-state index contributed by atoms with van der Waals surface area (Å²) in [7, 11) is 0. The first-order valence-corrected chi connectivity index (χ1v) is 4.59. The topological polar surface area (TPSA) is 37.3 Å². The SMILES string of the molecule is CC[N+](CC)(CC)CC.O=CO. The van der Waals surface area contributed by atoms with Crippen LogP contribution in [0.5, 0.6) is 0 Å². The molecule has 0 aliphatic rings. The van der Waals surface area contributed by atoms with E-state index in [2.05, 4.69) is 27.7 Å². The van der Waals surface area contributed by atoms with Gasteiger partial charge in [0.1, 0.15) is 0 Å². The highest BCUT2D eigenvalue weighted by Crippen LogP contribution is 2.03. The van der Waals surface area contributed by atoms with Gasteiger partial charge < -0.3 is 9.59 Å². The van der Waals surface area contributed by atoms with Crippen molar-refractivity contribution < 1.29 is 14.4 Å². The van der Waals surface area contributed by atoms with Crippen molar-refractivity contribution in [1.82, 2.24) is 0 Å². The van der Waals surface area contributed by atoms with Gasteiger partial charge in [0.2, 0.25) is 0 Å². The van der Waals surface area contributed by atoms with Crippen molar-refractivity contribution in [1.29, 1.82) is 0 Å². The van der Waals surface area contributed by atoms with E-state index in [0.29, 0.717) is 0 Å². The van der Waals surface area contributed by atoms with E-state index < -0.39 is 0 Å². The highest BCUT2D eigenvalue weighted by molar-refractivity contribution is 5.32. The van der Waals surface area contributed by atoms with Gasteiger partial charge >= 0.3 is 0 Å². The molecule has 0 saturated heterocycles. The van der Waals surface area contributed by atoms with Crippen LogP contribution < -0.4 is 0 Å². The fourth-order valence-corrected chi connectivity index (χ4v) is 1.34. The van der Waals surface area contributed by atoms with Crippen molar-refractivity contribution in [2.24, 2.45) is 0 Å². The third-order valence-corrected chi connectivity index (χ3v) is 2.68. The summed E-state index contributed by atoms with van der Waals surface area (Å²) in [5.74, 6) is 0. The second kappa shape index (κ2) is 8.53. The van der Waals surface area contributed by atoms with Crippen LogP contribution in [0, 0.1) is 0 Å². The molecule has 3 nitrogen and oxygen atoms in total. The smallest absolute Gasteiger partial charge is 0.290 e. The van der Waals surface area contributed by atoms with Gasteiger partial charge in [0.05, 0.1) is 26.2 Å². The zero-order valence-electron chi connectivity index (χ0n) is 8.71. The Morgan fingerprint density at radius 1 is 1.00 bits per heavy atom. The van der Waals surface area contributed by atoms with Gasteiger partial charge in [0.15, 0.2) is 0 Å². The molecule has 0 atom stereocenters. The van der Waals surface area contributed by atoms with Crippen molar-refractivity contribution in [3.8, 4) is 0 Å². The Kier molecular flexibility index (Phi) is 9.93. The van der Waals surface area contributed by atoms with E-state index in [0.717, 1.165) is 0 Å². The monoisotopic (exact) mass is 176 g/mol. The van der Waals surface area contributed by atoms with Gasteiger partial charge in [-0.2, -0.15) is 0 Å². The Balaban J connectivity index is 0. The van der Waals surface area contributed by atoms with Gasteiger partial charge in [-0.15, -0.1) is 0 Å². The second-order valence-corrected chi connectivity index (χ2v) is 2.71. The highest BCUT2D eigenvalue weighted by Gasteiger charge is 2.16. The van der Waals surface area contributed by atoms with E-state index in [1.165, 1.54) is 30.7 Å². The summed E-state index contributed by atoms with van der Waals surface area (Å²) in [6.07, 6.45) is 0. The summed E-state index contributed by atoms with van der Waals surface area (Å²) < 4.78 is 1.28. The summed E-state index contributed by atoms with van der Waals surface area (Å²) in [5, 5.41) is 6.89. The van der Waals surface area contributed by atoms with Crippen molar-refractivity contribution in [2.45, 2.75) is 27.7 Å². The molecule has 0 radical (unpaired) electrons. The standard InChI is InChI=1S/C8H20N.CH2O2/c1-5-9(6-2,7-3)8-4;2-1-3/h5-8H2,1-4H3;1H,(H,2,3)/q+1;. The Morgan fingerprint density at radius 3 is 1.17 bits per heavy atom. The van der Waals surface area contributed by atoms with E-state index in [4.69, 9.17) is 9.90 Å². The third-order valence-electron chi connectivity index (χ3n) is 2.68. The molecule has 0 aromatic carbocycles. The number of quaternary nitrogens is 1. The molecule has 0 aromatic heterocycles. The molecule has 74 valence electrons. The van der Waals surface area contributed by atoms with Crippen LogP contribution in [-0.4, -0.2) is 42.2 Å². The van der Waals surface area contributed by atoms with Crippen LogP contribution in [0.25, 0.3) is 0 Å². The predicted molar refractivity (Wildman–Crippen MR) is 51.1 cm³/mol. The summed E-state index contributed by atoms with van der Waals surface area (Å²) >= 11 is 0. The number of nitrogens with zero attached hydrogens (tertiary/aromatic N) is 1. The zero-order valence-corrected chi connectivity index (χ0v) is 8.71. The Morgan fingerprint density at radius 2 is 1.17 bits per heavy atom. The first kappa shape index (κ1) is 14.0. The first-order chi connectivity index (χ1) is 5.66. The van der Waals surface area contributed by atoms with Gasteiger partial charge in [-0.1, -0.05) is 0 Å². The van der Waals surface area contributed by atoms with Crippen LogP contribution >= 0.6 is 0 Å². The second-order valence-electron chi connectivity index (χ2n) is 2.71. The lowest BCUT2D eigenvalue weighted by Crippen LogP contribution is -2.47. The van der Waals surface area contributed by atoms with Crippen LogP contribution in [0.1, 0.15) is 27.7 Å². The Bertz CT molecular complexity index is 83.2. The zero-order chi connectivity index (χ0) is 10.0. The lowest BCUT2D eigenvalue weighted by atomic mass is 10.3. The van der Waals surface area contributed by atoms with Gasteiger partial charge in [-0.3, -0.25) is 4.79 Å². The number of carboxylic acid groups (broad SMARTS) is 1. The Labute approximate surface area is 75.6 Å². The van der Waals surface area contributed by atoms with E-state index in [-0.39, 0.29) is 6.47 Å².